The second-order valence-electron chi connectivity index (χ2n) is 6.48. The van der Waals surface area contributed by atoms with Crippen LogP contribution < -0.4 is 16.0 Å². The number of nitrogens with one attached hydrogen (secondary N) is 3. The molecule has 0 aliphatic rings. The topological polar surface area (TPSA) is 83.4 Å². The molecule has 0 atom stereocenters. The Morgan fingerprint density at radius 1 is 1.04 bits per heavy atom. The van der Waals surface area contributed by atoms with Crippen LogP contribution in [-0.2, 0) is 11.3 Å². The van der Waals surface area contributed by atoms with E-state index in [0.29, 0.717) is 23.6 Å². The average Bonchev–Trinajstić information content (AvgIpc) is 3.19. The molecule has 2 aromatic rings. The van der Waals surface area contributed by atoms with Crippen molar-refractivity contribution in [2.75, 3.05) is 18.4 Å². The summed E-state index contributed by atoms with van der Waals surface area (Å²) in [7, 11) is 0. The molecule has 3 N–H and O–H groups in total. The lowest BCUT2D eigenvalue weighted by Crippen LogP contribution is -2.29. The molecule has 1 aromatic carbocycles. The molecule has 0 spiro atoms. The van der Waals surface area contributed by atoms with Crippen molar-refractivity contribution in [3.63, 3.8) is 0 Å². The van der Waals surface area contributed by atoms with E-state index in [1.807, 2.05) is 0 Å². The third kappa shape index (κ3) is 8.09. The van der Waals surface area contributed by atoms with E-state index in [4.69, 9.17) is 4.42 Å². The molecular formula is C21H29N3O3. The third-order valence-electron chi connectivity index (χ3n) is 4.15. The predicted octanol–water partition coefficient (Wildman–Crippen LogP) is 3.71. The minimum absolute atomic E-state index is 0.114. The van der Waals surface area contributed by atoms with Crippen LogP contribution in [0.5, 0.6) is 0 Å². The summed E-state index contributed by atoms with van der Waals surface area (Å²) in [5, 5.41) is 8.76. The Kier molecular flexibility index (Phi) is 9.13. The Hall–Kier alpha value is -2.60. The Morgan fingerprint density at radius 2 is 1.89 bits per heavy atom. The molecule has 1 heterocycles. The molecule has 0 fully saturated rings. The van der Waals surface area contributed by atoms with Crippen molar-refractivity contribution in [3.8, 4) is 0 Å². The van der Waals surface area contributed by atoms with Crippen LogP contribution in [0.4, 0.5) is 5.69 Å². The SMILES string of the molecule is CCCCCCCNCC(=O)Nc1cccc(C(=O)NCc2ccco2)c1. The van der Waals surface area contributed by atoms with Crippen molar-refractivity contribution in [3.05, 3.63) is 54.0 Å². The number of unbranched alkanes of at least 4 members (excludes halogenated alkanes) is 4. The van der Waals surface area contributed by atoms with Gasteiger partial charge in [0.15, 0.2) is 0 Å². The van der Waals surface area contributed by atoms with Gasteiger partial charge in [0, 0.05) is 11.3 Å². The van der Waals surface area contributed by atoms with E-state index in [2.05, 4.69) is 22.9 Å². The van der Waals surface area contributed by atoms with E-state index in [1.165, 1.54) is 25.7 Å². The normalized spacial score (nSPS) is 10.6. The van der Waals surface area contributed by atoms with Crippen molar-refractivity contribution in [1.29, 1.82) is 0 Å². The van der Waals surface area contributed by atoms with Crippen LogP contribution in [0, 0.1) is 0 Å². The predicted molar refractivity (Wildman–Crippen MR) is 107 cm³/mol. The molecule has 0 saturated carbocycles. The second-order valence-corrected chi connectivity index (χ2v) is 6.48. The number of anilines is 1. The minimum Gasteiger partial charge on any atom is -0.467 e. The van der Waals surface area contributed by atoms with Gasteiger partial charge in [0.25, 0.3) is 5.91 Å². The van der Waals surface area contributed by atoms with Crippen molar-refractivity contribution >= 4 is 17.5 Å². The highest BCUT2D eigenvalue weighted by Gasteiger charge is 2.08. The average molecular weight is 371 g/mol. The van der Waals surface area contributed by atoms with Crippen LogP contribution in [0.3, 0.4) is 0 Å². The van der Waals surface area contributed by atoms with E-state index in [0.717, 1.165) is 13.0 Å². The van der Waals surface area contributed by atoms with Gasteiger partial charge in [0.05, 0.1) is 19.4 Å². The molecule has 146 valence electrons. The molecular weight excluding hydrogens is 342 g/mol. The largest absolute Gasteiger partial charge is 0.467 e. The lowest BCUT2D eigenvalue weighted by Gasteiger charge is -2.09. The number of rotatable bonds is 12. The van der Waals surface area contributed by atoms with Crippen LogP contribution in [0.15, 0.2) is 47.1 Å². The van der Waals surface area contributed by atoms with Crippen LogP contribution in [0.1, 0.15) is 55.1 Å². The van der Waals surface area contributed by atoms with Gasteiger partial charge < -0.3 is 20.4 Å². The van der Waals surface area contributed by atoms with Crippen LogP contribution in [0.2, 0.25) is 0 Å². The fourth-order valence-corrected chi connectivity index (χ4v) is 2.68. The standard InChI is InChI=1S/C21H29N3O3/c1-2-3-4-5-6-12-22-16-20(25)24-18-10-7-9-17(14-18)21(26)23-15-19-11-8-13-27-19/h7-11,13-14,22H,2-6,12,15-16H2,1H3,(H,23,26)(H,24,25). The quantitative estimate of drug-likeness (QED) is 0.497. The van der Waals surface area contributed by atoms with Crippen molar-refractivity contribution in [1.82, 2.24) is 10.6 Å². The monoisotopic (exact) mass is 371 g/mol. The summed E-state index contributed by atoms with van der Waals surface area (Å²) >= 11 is 0. The molecule has 0 radical (unpaired) electrons. The van der Waals surface area contributed by atoms with Gasteiger partial charge >= 0.3 is 0 Å². The molecule has 27 heavy (non-hydrogen) atoms. The summed E-state index contributed by atoms with van der Waals surface area (Å²) in [4.78, 5) is 24.2. The fourth-order valence-electron chi connectivity index (χ4n) is 2.68. The van der Waals surface area contributed by atoms with Gasteiger partial charge in [0.2, 0.25) is 5.91 Å². The van der Waals surface area contributed by atoms with Gasteiger partial charge in [-0.15, -0.1) is 0 Å². The van der Waals surface area contributed by atoms with E-state index < -0.39 is 0 Å². The molecule has 1 aromatic heterocycles. The Morgan fingerprint density at radius 3 is 2.67 bits per heavy atom. The molecule has 6 heteroatoms. The van der Waals surface area contributed by atoms with Crippen molar-refractivity contribution in [2.45, 2.75) is 45.6 Å². The highest BCUT2D eigenvalue weighted by molar-refractivity contribution is 5.97. The van der Waals surface area contributed by atoms with Gasteiger partial charge in [-0.05, 0) is 43.3 Å². The first-order chi connectivity index (χ1) is 13.2. The molecule has 0 saturated heterocycles. The molecule has 2 amide bonds. The first-order valence-corrected chi connectivity index (χ1v) is 9.60. The second kappa shape index (κ2) is 11.9. The Bertz CT molecular complexity index is 698. The van der Waals surface area contributed by atoms with E-state index >= 15 is 0 Å². The van der Waals surface area contributed by atoms with Crippen LogP contribution >= 0.6 is 0 Å². The van der Waals surface area contributed by atoms with Crippen molar-refractivity contribution < 1.29 is 14.0 Å². The van der Waals surface area contributed by atoms with E-state index in [1.54, 1.807) is 42.7 Å². The molecule has 2 rings (SSSR count). The van der Waals surface area contributed by atoms with Gasteiger partial charge in [0.1, 0.15) is 5.76 Å². The molecule has 6 nitrogen and oxygen atoms in total. The number of amides is 2. The Balaban J connectivity index is 1.70. The number of carbonyl (C=O) groups is 2. The first-order valence-electron chi connectivity index (χ1n) is 9.60. The maximum atomic E-state index is 12.2. The smallest absolute Gasteiger partial charge is 0.251 e. The Labute approximate surface area is 160 Å². The van der Waals surface area contributed by atoms with E-state index in [9.17, 15) is 9.59 Å². The first kappa shape index (κ1) is 20.7. The van der Waals surface area contributed by atoms with Gasteiger partial charge in [-0.3, -0.25) is 9.59 Å². The summed E-state index contributed by atoms with van der Waals surface area (Å²) in [5.41, 5.74) is 1.10. The number of furan rings is 1. The van der Waals surface area contributed by atoms with Gasteiger partial charge in [-0.25, -0.2) is 0 Å². The summed E-state index contributed by atoms with van der Waals surface area (Å²) < 4.78 is 5.19. The highest BCUT2D eigenvalue weighted by Crippen LogP contribution is 2.11. The number of hydrogen-bond donors (Lipinski definition) is 3. The molecule has 0 bridgehead atoms. The van der Waals surface area contributed by atoms with Gasteiger partial charge in [-0.2, -0.15) is 0 Å². The third-order valence-corrected chi connectivity index (χ3v) is 4.15. The zero-order valence-corrected chi connectivity index (χ0v) is 15.9. The number of benzene rings is 1. The summed E-state index contributed by atoms with van der Waals surface area (Å²) in [6.45, 7) is 3.62. The highest BCUT2D eigenvalue weighted by atomic mass is 16.3. The zero-order valence-electron chi connectivity index (χ0n) is 15.9. The summed E-state index contributed by atoms with van der Waals surface area (Å²) in [5.74, 6) is 0.359. The van der Waals surface area contributed by atoms with Crippen molar-refractivity contribution in [2.24, 2.45) is 0 Å². The molecule has 0 unspecified atom stereocenters. The molecule has 0 aliphatic carbocycles. The summed E-state index contributed by atoms with van der Waals surface area (Å²) in [6.07, 6.45) is 7.59. The lowest BCUT2D eigenvalue weighted by atomic mass is 10.1. The molecule has 0 aliphatic heterocycles. The summed E-state index contributed by atoms with van der Waals surface area (Å²) in [6, 6.07) is 10.5. The maximum absolute atomic E-state index is 12.2. The lowest BCUT2D eigenvalue weighted by molar-refractivity contribution is -0.115. The zero-order chi connectivity index (χ0) is 19.3. The van der Waals surface area contributed by atoms with Gasteiger partial charge in [-0.1, -0.05) is 38.7 Å². The van der Waals surface area contributed by atoms with Crippen LogP contribution in [-0.4, -0.2) is 24.9 Å². The fraction of sp³-hybridized carbons (Fsp3) is 0.429. The van der Waals surface area contributed by atoms with E-state index in [-0.39, 0.29) is 18.4 Å². The number of hydrogen-bond acceptors (Lipinski definition) is 4. The maximum Gasteiger partial charge on any atom is 0.251 e. The van der Waals surface area contributed by atoms with Crippen LogP contribution in [0.25, 0.3) is 0 Å². The number of carbonyl (C=O) groups excluding carboxylic acids is 2. The minimum atomic E-state index is -0.215.